The molecule has 0 atom stereocenters. The van der Waals surface area contributed by atoms with Crippen molar-refractivity contribution in [2.24, 2.45) is 0 Å². The largest absolute Gasteiger partial charge is 0.497 e. The van der Waals surface area contributed by atoms with Crippen LogP contribution in [-0.4, -0.2) is 95.4 Å². The Hall–Kier alpha value is -4.36. The van der Waals surface area contributed by atoms with Gasteiger partial charge in [0.1, 0.15) is 17.4 Å². The van der Waals surface area contributed by atoms with Gasteiger partial charge in [-0.2, -0.15) is 13.2 Å². The van der Waals surface area contributed by atoms with Crippen LogP contribution in [0.1, 0.15) is 6.42 Å². The molecular weight excluding hydrogens is 680 g/mol. The number of aromatic amines is 1. The summed E-state index contributed by atoms with van der Waals surface area (Å²) in [6.07, 6.45) is -2.19. The summed E-state index contributed by atoms with van der Waals surface area (Å²) in [5, 5.41) is 13.9. The number of aromatic nitrogens is 3. The van der Waals surface area contributed by atoms with Crippen LogP contribution in [0.2, 0.25) is 10.0 Å². The number of imidazole rings is 1. The number of carboxylic acid groups (broad SMARTS) is 1. The number of hydrogen-bond donors (Lipinski definition) is 3. The van der Waals surface area contributed by atoms with E-state index in [1.54, 1.807) is 7.11 Å². The van der Waals surface area contributed by atoms with E-state index in [2.05, 4.69) is 62.5 Å². The Bertz CT molecular complexity index is 1890. The van der Waals surface area contributed by atoms with Gasteiger partial charge >= 0.3 is 12.1 Å². The SMILES string of the molecule is COc1ccc2cc(-c3nc(-c4c(Cl)cccc4Cl)[nH]c3-c3ccnc(NCCCN4CCN(C)CC4)c3)ccc2c1.O=C(O)C(F)(F)F. The summed E-state index contributed by atoms with van der Waals surface area (Å²) in [7, 11) is 3.87. The summed E-state index contributed by atoms with van der Waals surface area (Å²) in [6, 6.07) is 21.9. The van der Waals surface area contributed by atoms with E-state index in [-0.39, 0.29) is 0 Å². The molecule has 1 fully saturated rings. The first-order valence-corrected chi connectivity index (χ1v) is 16.2. The van der Waals surface area contributed by atoms with E-state index < -0.39 is 12.1 Å². The molecule has 0 radical (unpaired) electrons. The predicted molar refractivity (Wildman–Crippen MR) is 188 cm³/mol. The maximum atomic E-state index is 10.6. The molecule has 0 saturated carbocycles. The molecule has 0 bridgehead atoms. The summed E-state index contributed by atoms with van der Waals surface area (Å²) in [5.74, 6) is -0.488. The smallest absolute Gasteiger partial charge is 0.490 e. The minimum Gasteiger partial charge on any atom is -0.497 e. The molecule has 3 heterocycles. The number of rotatable bonds is 9. The number of hydrogen-bond acceptors (Lipinski definition) is 7. The molecular formula is C35H35Cl2F3N6O3. The average molecular weight is 716 g/mol. The van der Waals surface area contributed by atoms with E-state index in [4.69, 9.17) is 42.8 Å². The van der Waals surface area contributed by atoms with E-state index in [0.717, 1.165) is 90.5 Å². The number of nitrogens with zero attached hydrogens (tertiary/aromatic N) is 4. The standard InChI is InChI=1S/C33H34Cl2N6O.C2HF3O2/c1-40-15-17-41(18-16-40)14-4-12-36-29-21-25(11-13-37-29)32-31(38-33(39-32)30-27(34)5-3-6-28(30)35)24-8-7-23-20-26(42-2)10-9-22(23)19-24;3-2(4,5)1(6)7/h3,5-11,13,19-21H,4,12,14-18H2,1-2H3,(H,36,37)(H,38,39);(H,6,7). The predicted octanol–water partition coefficient (Wildman–Crippen LogP) is 7.96. The van der Waals surface area contributed by atoms with Crippen molar-refractivity contribution in [3.8, 4) is 39.7 Å². The third-order valence-electron chi connectivity index (χ3n) is 8.07. The van der Waals surface area contributed by atoms with E-state index >= 15 is 0 Å². The lowest BCUT2D eigenvalue weighted by molar-refractivity contribution is -0.192. The molecule has 5 aromatic rings. The Balaban J connectivity index is 0.000000606. The van der Waals surface area contributed by atoms with Crippen LogP contribution in [0.15, 0.2) is 72.9 Å². The van der Waals surface area contributed by atoms with Crippen molar-refractivity contribution < 1.29 is 27.8 Å². The Labute approximate surface area is 291 Å². The number of pyridine rings is 1. The van der Waals surface area contributed by atoms with Crippen molar-refractivity contribution in [3.63, 3.8) is 0 Å². The van der Waals surface area contributed by atoms with Crippen molar-refractivity contribution in [1.82, 2.24) is 24.8 Å². The van der Waals surface area contributed by atoms with Gasteiger partial charge in [-0.15, -0.1) is 0 Å². The van der Waals surface area contributed by atoms with Crippen LogP contribution >= 0.6 is 23.2 Å². The molecule has 0 aliphatic carbocycles. The van der Waals surface area contributed by atoms with Gasteiger partial charge < -0.3 is 29.9 Å². The molecule has 3 N–H and O–H groups in total. The van der Waals surface area contributed by atoms with Crippen molar-refractivity contribution in [1.29, 1.82) is 0 Å². The number of aliphatic carboxylic acids is 1. The average Bonchev–Trinajstić information content (AvgIpc) is 3.52. The summed E-state index contributed by atoms with van der Waals surface area (Å²) in [4.78, 5) is 27.0. The van der Waals surface area contributed by atoms with Crippen molar-refractivity contribution in [2.45, 2.75) is 12.6 Å². The number of H-pyrrole nitrogens is 1. The molecule has 14 heteroatoms. The number of piperazine rings is 1. The number of fused-ring (bicyclic) bond motifs is 1. The van der Waals surface area contributed by atoms with Crippen LogP contribution in [-0.2, 0) is 4.79 Å². The van der Waals surface area contributed by atoms with Gasteiger partial charge in [-0.25, -0.2) is 14.8 Å². The van der Waals surface area contributed by atoms with E-state index in [0.29, 0.717) is 21.4 Å². The highest BCUT2D eigenvalue weighted by Gasteiger charge is 2.38. The summed E-state index contributed by atoms with van der Waals surface area (Å²) < 4.78 is 37.1. The third kappa shape index (κ3) is 9.21. The molecule has 1 aliphatic heterocycles. The second-order valence-electron chi connectivity index (χ2n) is 11.5. The first-order valence-electron chi connectivity index (χ1n) is 15.5. The fourth-order valence-electron chi connectivity index (χ4n) is 5.40. The molecule has 9 nitrogen and oxygen atoms in total. The van der Waals surface area contributed by atoms with Crippen LogP contribution in [0.5, 0.6) is 5.75 Å². The van der Waals surface area contributed by atoms with Crippen LogP contribution in [0.4, 0.5) is 19.0 Å². The van der Waals surface area contributed by atoms with Gasteiger partial charge in [0.05, 0.1) is 34.1 Å². The van der Waals surface area contributed by atoms with Crippen LogP contribution in [0.25, 0.3) is 44.7 Å². The minimum atomic E-state index is -5.08. The highest BCUT2D eigenvalue weighted by molar-refractivity contribution is 6.39. The number of carboxylic acids is 1. The molecule has 0 amide bonds. The summed E-state index contributed by atoms with van der Waals surface area (Å²) in [5.41, 5.74) is 4.31. The quantitative estimate of drug-likeness (QED) is 0.132. The van der Waals surface area contributed by atoms with Gasteiger partial charge in [-0.3, -0.25) is 0 Å². The lowest BCUT2D eigenvalue weighted by Crippen LogP contribution is -2.44. The number of anilines is 1. The molecule has 0 spiro atoms. The highest BCUT2D eigenvalue weighted by Crippen LogP contribution is 2.39. The fourth-order valence-corrected chi connectivity index (χ4v) is 5.98. The van der Waals surface area contributed by atoms with Crippen LogP contribution in [0.3, 0.4) is 0 Å². The van der Waals surface area contributed by atoms with E-state index in [9.17, 15) is 13.2 Å². The zero-order valence-corrected chi connectivity index (χ0v) is 28.3. The second kappa shape index (κ2) is 15.9. The number of likely N-dealkylation sites (N-methyl/N-ethyl adjacent to an activating group) is 1. The van der Waals surface area contributed by atoms with Gasteiger partial charge in [0.15, 0.2) is 0 Å². The normalized spacial score (nSPS) is 13.9. The van der Waals surface area contributed by atoms with Gasteiger partial charge in [-0.1, -0.05) is 47.5 Å². The second-order valence-corrected chi connectivity index (χ2v) is 12.3. The van der Waals surface area contributed by atoms with Gasteiger partial charge in [-0.05, 0) is 73.3 Å². The van der Waals surface area contributed by atoms with Crippen LogP contribution in [0, 0.1) is 0 Å². The number of benzene rings is 3. The number of nitrogens with one attached hydrogen (secondary N) is 2. The number of carbonyl (C=O) groups is 1. The maximum absolute atomic E-state index is 10.6. The molecule has 6 rings (SSSR count). The fraction of sp³-hybridized carbons (Fsp3) is 0.286. The van der Waals surface area contributed by atoms with Crippen LogP contribution < -0.4 is 10.1 Å². The Morgan fingerprint density at radius 2 is 1.65 bits per heavy atom. The Kier molecular flexibility index (Phi) is 11.7. The molecule has 2 aromatic heterocycles. The number of methoxy groups -OCH3 is 1. The summed E-state index contributed by atoms with van der Waals surface area (Å²) >= 11 is 13.2. The van der Waals surface area contributed by atoms with Gasteiger partial charge in [0.2, 0.25) is 0 Å². The lowest BCUT2D eigenvalue weighted by atomic mass is 10.0. The third-order valence-corrected chi connectivity index (χ3v) is 8.70. The molecule has 1 aliphatic rings. The van der Waals surface area contributed by atoms with E-state index in [1.807, 2.05) is 42.6 Å². The van der Waals surface area contributed by atoms with Gasteiger partial charge in [0, 0.05) is 50.0 Å². The summed E-state index contributed by atoms with van der Waals surface area (Å²) in [6.45, 7) is 6.47. The Morgan fingerprint density at radius 3 is 2.33 bits per heavy atom. The molecule has 0 unspecified atom stereocenters. The molecule has 3 aromatic carbocycles. The maximum Gasteiger partial charge on any atom is 0.490 e. The van der Waals surface area contributed by atoms with Gasteiger partial charge in [0.25, 0.3) is 0 Å². The monoisotopic (exact) mass is 714 g/mol. The zero-order valence-electron chi connectivity index (χ0n) is 26.8. The number of ether oxygens (including phenoxy) is 1. The topological polar surface area (TPSA) is 107 Å². The molecule has 1 saturated heterocycles. The van der Waals surface area contributed by atoms with Crippen molar-refractivity contribution in [3.05, 3.63) is 83.0 Å². The minimum absolute atomic E-state index is 0.539. The van der Waals surface area contributed by atoms with Crippen molar-refractivity contribution in [2.75, 3.05) is 58.7 Å². The zero-order chi connectivity index (χ0) is 35.1. The van der Waals surface area contributed by atoms with Crippen molar-refractivity contribution >= 4 is 45.8 Å². The first-order chi connectivity index (χ1) is 23.4. The Morgan fingerprint density at radius 1 is 0.980 bits per heavy atom. The highest BCUT2D eigenvalue weighted by atomic mass is 35.5. The first kappa shape index (κ1) is 35.9. The number of alkyl halides is 3. The molecule has 258 valence electrons. The number of halogens is 5. The lowest BCUT2D eigenvalue weighted by Gasteiger charge is -2.32. The molecule has 49 heavy (non-hydrogen) atoms. The van der Waals surface area contributed by atoms with E-state index in [1.165, 1.54) is 0 Å².